The van der Waals surface area contributed by atoms with Crippen LogP contribution in [0.5, 0.6) is 17.4 Å². The van der Waals surface area contributed by atoms with Gasteiger partial charge in [0, 0.05) is 51.8 Å². The zero-order chi connectivity index (χ0) is 25.3. The van der Waals surface area contributed by atoms with E-state index < -0.39 is 10.0 Å². The highest BCUT2D eigenvalue weighted by Crippen LogP contribution is 2.34. The number of aryl methyl sites for hydroxylation is 1. The van der Waals surface area contributed by atoms with Crippen molar-refractivity contribution in [1.82, 2.24) is 19.2 Å². The van der Waals surface area contributed by atoms with Crippen LogP contribution in [0.4, 0.5) is 5.95 Å². The van der Waals surface area contributed by atoms with Gasteiger partial charge in [-0.15, -0.1) is 0 Å². The molecule has 0 radical (unpaired) electrons. The molecule has 2 aliphatic rings. The van der Waals surface area contributed by atoms with Gasteiger partial charge in [-0.05, 0) is 43.8 Å². The van der Waals surface area contributed by atoms with Crippen LogP contribution in [-0.4, -0.2) is 74.5 Å². The number of fused-ring (bicyclic) bond motifs is 1. The number of hydrogen-bond acceptors (Lipinski definition) is 8. The maximum atomic E-state index is 13.5. The standard InChI is InChI=1S/C26H31N5O4S/c1-19-6-4-9-22(16-19)36(32,33)31-11-10-24-23(18-31)25(35-21-8-5-7-20(17-21)34-3)28-26(27-24)30-14-12-29(2)13-15-30/h4-9,16-17H,10-15,18H2,1-3H3. The van der Waals surface area contributed by atoms with E-state index in [4.69, 9.17) is 19.4 Å². The van der Waals surface area contributed by atoms with E-state index in [9.17, 15) is 8.42 Å². The molecule has 0 unspecified atom stereocenters. The number of rotatable bonds is 6. The molecular formula is C26H31N5O4S. The number of aromatic nitrogens is 2. The molecule has 3 aromatic rings. The Morgan fingerprint density at radius 1 is 0.917 bits per heavy atom. The second-order valence-corrected chi connectivity index (χ2v) is 11.2. The summed E-state index contributed by atoms with van der Waals surface area (Å²) in [5.74, 6) is 2.23. The van der Waals surface area contributed by atoms with Gasteiger partial charge in [0.05, 0.1) is 23.3 Å². The summed E-state index contributed by atoms with van der Waals surface area (Å²) in [5.41, 5.74) is 2.42. The topological polar surface area (TPSA) is 88.1 Å². The average molecular weight is 510 g/mol. The fraction of sp³-hybridized carbons (Fsp3) is 0.385. The van der Waals surface area contributed by atoms with E-state index in [1.54, 1.807) is 31.4 Å². The smallest absolute Gasteiger partial charge is 0.243 e. The first-order valence-electron chi connectivity index (χ1n) is 12.1. The number of sulfonamides is 1. The molecule has 9 nitrogen and oxygen atoms in total. The summed E-state index contributed by atoms with van der Waals surface area (Å²) in [5, 5.41) is 0. The molecule has 0 amide bonds. The van der Waals surface area contributed by atoms with Gasteiger partial charge < -0.3 is 19.3 Å². The molecule has 0 aliphatic carbocycles. The maximum Gasteiger partial charge on any atom is 0.243 e. The van der Waals surface area contributed by atoms with Crippen molar-refractivity contribution in [2.45, 2.75) is 24.8 Å². The lowest BCUT2D eigenvalue weighted by atomic mass is 10.1. The Bertz CT molecular complexity index is 1360. The van der Waals surface area contributed by atoms with Crippen LogP contribution in [0.15, 0.2) is 53.4 Å². The molecule has 36 heavy (non-hydrogen) atoms. The minimum atomic E-state index is -3.68. The quantitative estimate of drug-likeness (QED) is 0.501. The third kappa shape index (κ3) is 5.02. The lowest BCUT2D eigenvalue weighted by Crippen LogP contribution is -2.45. The van der Waals surface area contributed by atoms with E-state index in [-0.39, 0.29) is 11.4 Å². The molecule has 0 N–H and O–H groups in total. The normalized spacial score (nSPS) is 17.0. The second kappa shape index (κ2) is 10.0. The molecule has 0 atom stereocenters. The van der Waals surface area contributed by atoms with Crippen LogP contribution in [0.25, 0.3) is 0 Å². The van der Waals surface area contributed by atoms with Crippen molar-refractivity contribution in [1.29, 1.82) is 0 Å². The molecule has 0 saturated carbocycles. The Hall–Kier alpha value is -3.21. The van der Waals surface area contributed by atoms with E-state index in [2.05, 4.69) is 16.8 Å². The minimum Gasteiger partial charge on any atom is -0.497 e. The lowest BCUT2D eigenvalue weighted by molar-refractivity contribution is 0.310. The summed E-state index contributed by atoms with van der Waals surface area (Å²) < 4.78 is 40.0. The van der Waals surface area contributed by atoms with Gasteiger partial charge in [-0.2, -0.15) is 9.29 Å². The van der Waals surface area contributed by atoms with Crippen LogP contribution < -0.4 is 14.4 Å². The zero-order valence-electron chi connectivity index (χ0n) is 20.8. The summed E-state index contributed by atoms with van der Waals surface area (Å²) >= 11 is 0. The maximum absolute atomic E-state index is 13.5. The van der Waals surface area contributed by atoms with E-state index >= 15 is 0 Å². The summed E-state index contributed by atoms with van der Waals surface area (Å²) in [7, 11) is 0.0272. The van der Waals surface area contributed by atoms with E-state index in [0.29, 0.717) is 41.9 Å². The highest BCUT2D eigenvalue weighted by atomic mass is 32.2. The summed E-state index contributed by atoms with van der Waals surface area (Å²) in [4.78, 5) is 14.4. The molecule has 190 valence electrons. The highest BCUT2D eigenvalue weighted by molar-refractivity contribution is 7.89. The highest BCUT2D eigenvalue weighted by Gasteiger charge is 2.33. The summed E-state index contributed by atoms with van der Waals surface area (Å²) in [6.07, 6.45) is 0.484. The molecule has 0 spiro atoms. The molecule has 0 bridgehead atoms. The molecule has 1 saturated heterocycles. The summed E-state index contributed by atoms with van der Waals surface area (Å²) in [6, 6.07) is 14.3. The van der Waals surface area contributed by atoms with Crippen molar-refractivity contribution < 1.29 is 17.9 Å². The number of methoxy groups -OCH3 is 1. The summed E-state index contributed by atoms with van der Waals surface area (Å²) in [6.45, 7) is 5.88. The fourth-order valence-corrected chi connectivity index (χ4v) is 6.00. The molecule has 3 heterocycles. The van der Waals surface area contributed by atoms with Gasteiger partial charge >= 0.3 is 0 Å². The van der Waals surface area contributed by atoms with E-state index in [0.717, 1.165) is 37.4 Å². The number of hydrogen-bond donors (Lipinski definition) is 0. The second-order valence-electron chi connectivity index (χ2n) is 9.23. The fourth-order valence-electron chi connectivity index (χ4n) is 4.49. The SMILES string of the molecule is COc1cccc(Oc2nc(N3CCN(C)CC3)nc3c2CN(S(=O)(=O)c2cccc(C)c2)CC3)c1. The van der Waals surface area contributed by atoms with Gasteiger partial charge in [-0.25, -0.2) is 13.4 Å². The number of anilines is 1. The molecule has 10 heteroatoms. The third-order valence-corrected chi connectivity index (χ3v) is 8.49. The van der Waals surface area contributed by atoms with Gasteiger partial charge in [0.2, 0.25) is 21.9 Å². The van der Waals surface area contributed by atoms with Crippen LogP contribution in [0.1, 0.15) is 16.8 Å². The molecule has 1 fully saturated rings. The van der Waals surface area contributed by atoms with Gasteiger partial charge in [-0.1, -0.05) is 18.2 Å². The molecule has 2 aliphatic heterocycles. The first-order chi connectivity index (χ1) is 17.3. The van der Waals surface area contributed by atoms with E-state index in [1.807, 2.05) is 31.2 Å². The Morgan fingerprint density at radius 2 is 1.67 bits per heavy atom. The lowest BCUT2D eigenvalue weighted by Gasteiger charge is -2.34. The Balaban J connectivity index is 1.51. The molecule has 1 aromatic heterocycles. The number of benzene rings is 2. The van der Waals surface area contributed by atoms with Crippen LogP contribution in [-0.2, 0) is 23.0 Å². The zero-order valence-corrected chi connectivity index (χ0v) is 21.7. The van der Waals surface area contributed by atoms with Crippen LogP contribution in [0.2, 0.25) is 0 Å². The monoisotopic (exact) mass is 509 g/mol. The number of ether oxygens (including phenoxy) is 2. The van der Waals surface area contributed by atoms with Crippen LogP contribution >= 0.6 is 0 Å². The first kappa shape index (κ1) is 24.5. The molecule has 2 aromatic carbocycles. The molecule has 5 rings (SSSR count). The predicted molar refractivity (Wildman–Crippen MR) is 137 cm³/mol. The Morgan fingerprint density at radius 3 is 2.42 bits per heavy atom. The number of piperazine rings is 1. The Kier molecular flexibility index (Phi) is 6.83. The van der Waals surface area contributed by atoms with Crippen molar-refractivity contribution >= 4 is 16.0 Å². The van der Waals surface area contributed by atoms with Gasteiger partial charge in [0.1, 0.15) is 11.5 Å². The van der Waals surface area contributed by atoms with Gasteiger partial charge in [-0.3, -0.25) is 0 Å². The van der Waals surface area contributed by atoms with Crippen molar-refractivity contribution in [3.63, 3.8) is 0 Å². The predicted octanol–water partition coefficient (Wildman–Crippen LogP) is 3.08. The van der Waals surface area contributed by atoms with Gasteiger partial charge in [0.15, 0.2) is 0 Å². The van der Waals surface area contributed by atoms with Crippen LogP contribution in [0, 0.1) is 6.92 Å². The minimum absolute atomic E-state index is 0.147. The number of nitrogens with zero attached hydrogens (tertiary/aromatic N) is 5. The van der Waals surface area contributed by atoms with Crippen molar-refractivity contribution in [3.05, 3.63) is 65.4 Å². The third-order valence-electron chi connectivity index (χ3n) is 6.64. The van der Waals surface area contributed by atoms with Crippen LogP contribution in [0.3, 0.4) is 0 Å². The largest absolute Gasteiger partial charge is 0.497 e. The van der Waals surface area contributed by atoms with Gasteiger partial charge in [0.25, 0.3) is 0 Å². The Labute approximate surface area is 212 Å². The average Bonchev–Trinajstić information content (AvgIpc) is 2.89. The van der Waals surface area contributed by atoms with E-state index in [1.165, 1.54) is 4.31 Å². The first-order valence-corrected chi connectivity index (χ1v) is 13.5. The van der Waals surface area contributed by atoms with Crippen molar-refractivity contribution in [3.8, 4) is 17.4 Å². The number of likely N-dealkylation sites (N-methyl/N-ethyl adjacent to an activating group) is 1. The molecular weight excluding hydrogens is 478 g/mol. The van der Waals surface area contributed by atoms with Crippen molar-refractivity contribution in [2.24, 2.45) is 0 Å². The van der Waals surface area contributed by atoms with Crippen molar-refractivity contribution in [2.75, 3.05) is 51.8 Å².